The molecular formula is C21H30O6SSi. The maximum Gasteiger partial charge on any atom is 0.264 e. The van der Waals surface area contributed by atoms with Crippen LogP contribution < -0.4 is 10.4 Å². The van der Waals surface area contributed by atoms with Crippen molar-refractivity contribution >= 4 is 28.8 Å². The van der Waals surface area contributed by atoms with E-state index < -0.39 is 37.3 Å². The van der Waals surface area contributed by atoms with Crippen LogP contribution in [0.25, 0.3) is 0 Å². The Kier molecular flexibility index (Phi) is 7.78. The van der Waals surface area contributed by atoms with Gasteiger partial charge < -0.3 is 14.6 Å². The summed E-state index contributed by atoms with van der Waals surface area (Å²) in [5.41, 5.74) is 0. The van der Waals surface area contributed by atoms with Gasteiger partial charge in [0.2, 0.25) is 0 Å². The zero-order valence-corrected chi connectivity index (χ0v) is 19.1. The van der Waals surface area contributed by atoms with Crippen molar-refractivity contribution < 1.29 is 27.2 Å². The monoisotopic (exact) mass is 438 g/mol. The number of aliphatic hydroxyl groups excluding tert-OH is 2. The standard InChI is InChI=1S/C21H30O6SSi/c1-21(2,3)29(17-11-7-5-8-12-17,18-13-9-6-10-14-18)26-16-19(23)20(15-22)27-28(4,24)25/h5-14,19-20,22-23H,15-16H2,1-4H3/t19-,20+/m0/s1. The first-order valence-electron chi connectivity index (χ1n) is 9.43. The van der Waals surface area contributed by atoms with Crippen molar-refractivity contribution in [2.45, 2.75) is 38.0 Å². The molecule has 2 rings (SSSR count). The van der Waals surface area contributed by atoms with Gasteiger partial charge in [-0.3, -0.25) is 4.18 Å². The molecule has 0 saturated heterocycles. The second-order valence-corrected chi connectivity index (χ2v) is 14.0. The Morgan fingerprint density at radius 3 is 1.76 bits per heavy atom. The molecule has 0 bridgehead atoms. The van der Waals surface area contributed by atoms with Crippen LogP contribution in [0.1, 0.15) is 20.8 Å². The highest BCUT2D eigenvalue weighted by Crippen LogP contribution is 2.36. The van der Waals surface area contributed by atoms with Crippen LogP contribution >= 0.6 is 0 Å². The van der Waals surface area contributed by atoms with E-state index in [1.54, 1.807) is 0 Å². The number of aliphatic hydroxyl groups is 2. The molecule has 2 aromatic carbocycles. The van der Waals surface area contributed by atoms with Gasteiger partial charge in [-0.1, -0.05) is 81.4 Å². The molecule has 29 heavy (non-hydrogen) atoms. The lowest BCUT2D eigenvalue weighted by molar-refractivity contribution is -0.0186. The summed E-state index contributed by atoms with van der Waals surface area (Å²) in [6.45, 7) is 5.48. The van der Waals surface area contributed by atoms with E-state index in [0.717, 1.165) is 16.6 Å². The van der Waals surface area contributed by atoms with Crippen molar-refractivity contribution in [1.29, 1.82) is 0 Å². The predicted molar refractivity (Wildman–Crippen MR) is 116 cm³/mol. The van der Waals surface area contributed by atoms with Crippen molar-refractivity contribution in [2.24, 2.45) is 0 Å². The van der Waals surface area contributed by atoms with Gasteiger partial charge in [0.15, 0.2) is 0 Å². The van der Waals surface area contributed by atoms with Gasteiger partial charge in [0.05, 0.1) is 19.5 Å². The maximum absolute atomic E-state index is 11.4. The van der Waals surface area contributed by atoms with E-state index in [1.165, 1.54) is 0 Å². The van der Waals surface area contributed by atoms with E-state index in [2.05, 4.69) is 20.8 Å². The summed E-state index contributed by atoms with van der Waals surface area (Å²) in [4.78, 5) is 0. The lowest BCUT2D eigenvalue weighted by Crippen LogP contribution is -2.67. The third-order valence-electron chi connectivity index (χ3n) is 4.79. The average molecular weight is 439 g/mol. The number of benzene rings is 2. The van der Waals surface area contributed by atoms with Gasteiger partial charge >= 0.3 is 0 Å². The Balaban J connectivity index is 2.46. The van der Waals surface area contributed by atoms with Gasteiger partial charge in [0.25, 0.3) is 18.4 Å². The topological polar surface area (TPSA) is 93.1 Å². The van der Waals surface area contributed by atoms with Crippen molar-refractivity contribution in [3.05, 3.63) is 60.7 Å². The zero-order valence-electron chi connectivity index (χ0n) is 17.3. The molecule has 0 aromatic heterocycles. The highest BCUT2D eigenvalue weighted by molar-refractivity contribution is 7.86. The quantitative estimate of drug-likeness (QED) is 0.452. The normalized spacial score (nSPS) is 15.1. The number of hydrogen-bond donors (Lipinski definition) is 2. The molecule has 6 nitrogen and oxygen atoms in total. The van der Waals surface area contributed by atoms with E-state index in [9.17, 15) is 18.6 Å². The number of rotatable bonds is 9. The summed E-state index contributed by atoms with van der Waals surface area (Å²) in [7, 11) is -6.71. The minimum atomic E-state index is -3.83. The summed E-state index contributed by atoms with van der Waals surface area (Å²) in [6.07, 6.45) is -1.72. The first-order valence-corrected chi connectivity index (χ1v) is 13.2. The van der Waals surface area contributed by atoms with Crippen LogP contribution in [0.5, 0.6) is 0 Å². The largest absolute Gasteiger partial charge is 0.405 e. The maximum atomic E-state index is 11.4. The van der Waals surface area contributed by atoms with Crippen molar-refractivity contribution in [1.82, 2.24) is 0 Å². The number of hydrogen-bond acceptors (Lipinski definition) is 6. The van der Waals surface area contributed by atoms with Gasteiger partial charge in [-0.2, -0.15) is 8.42 Å². The minimum absolute atomic E-state index is 0.173. The Morgan fingerprint density at radius 2 is 1.41 bits per heavy atom. The Hall–Kier alpha value is -1.55. The van der Waals surface area contributed by atoms with E-state index in [0.29, 0.717) is 0 Å². The van der Waals surface area contributed by atoms with Gasteiger partial charge in [0.1, 0.15) is 12.2 Å². The van der Waals surface area contributed by atoms with Crippen molar-refractivity contribution in [3.8, 4) is 0 Å². The highest BCUT2D eigenvalue weighted by Gasteiger charge is 2.50. The summed E-state index contributed by atoms with van der Waals surface area (Å²) in [5.74, 6) is 0. The van der Waals surface area contributed by atoms with E-state index in [1.807, 2.05) is 60.7 Å². The van der Waals surface area contributed by atoms with Gasteiger partial charge in [-0.25, -0.2) is 0 Å². The molecule has 0 aliphatic carbocycles. The first-order chi connectivity index (χ1) is 13.5. The van der Waals surface area contributed by atoms with Gasteiger partial charge in [-0.15, -0.1) is 0 Å². The fourth-order valence-corrected chi connectivity index (χ4v) is 8.73. The summed E-state index contributed by atoms with van der Waals surface area (Å²) < 4.78 is 34.2. The fraction of sp³-hybridized carbons (Fsp3) is 0.429. The summed E-state index contributed by atoms with van der Waals surface area (Å²) in [5, 5.41) is 21.8. The molecule has 0 aliphatic rings. The Bertz CT molecular complexity index is 826. The average Bonchev–Trinajstić information content (AvgIpc) is 2.66. The second kappa shape index (κ2) is 9.50. The third-order valence-corrected chi connectivity index (χ3v) is 10.4. The molecule has 0 fully saturated rings. The van der Waals surface area contributed by atoms with Crippen LogP contribution in [0.2, 0.25) is 5.04 Å². The van der Waals surface area contributed by atoms with Crippen LogP contribution in [0.4, 0.5) is 0 Å². The second-order valence-electron chi connectivity index (χ2n) is 8.06. The summed E-state index contributed by atoms with van der Waals surface area (Å²) >= 11 is 0. The Labute approximate surface area is 174 Å². The van der Waals surface area contributed by atoms with E-state index in [-0.39, 0.29) is 11.6 Å². The Morgan fingerprint density at radius 1 is 0.966 bits per heavy atom. The molecule has 2 atom stereocenters. The van der Waals surface area contributed by atoms with Crippen LogP contribution in [0.3, 0.4) is 0 Å². The van der Waals surface area contributed by atoms with Crippen molar-refractivity contribution in [3.63, 3.8) is 0 Å². The zero-order chi connectivity index (χ0) is 21.7. The molecular weight excluding hydrogens is 408 g/mol. The smallest absolute Gasteiger partial charge is 0.264 e. The van der Waals surface area contributed by atoms with Crippen LogP contribution in [0.15, 0.2) is 60.7 Å². The molecule has 160 valence electrons. The van der Waals surface area contributed by atoms with Gasteiger partial charge in [-0.05, 0) is 15.4 Å². The molecule has 0 spiro atoms. The molecule has 0 unspecified atom stereocenters. The summed E-state index contributed by atoms with van der Waals surface area (Å²) in [6, 6.07) is 19.8. The molecule has 8 heteroatoms. The lowest BCUT2D eigenvalue weighted by Gasteiger charge is -2.43. The SMILES string of the molecule is CC(C)(C)[Si](OC[C@H](O)[C@@H](CO)OS(C)(=O)=O)(c1ccccc1)c1ccccc1. The first kappa shape index (κ1) is 23.7. The minimum Gasteiger partial charge on any atom is -0.405 e. The van der Waals surface area contributed by atoms with Gasteiger partial charge in [0, 0.05) is 0 Å². The van der Waals surface area contributed by atoms with Crippen molar-refractivity contribution in [2.75, 3.05) is 19.5 Å². The van der Waals surface area contributed by atoms with E-state index >= 15 is 0 Å². The molecule has 0 heterocycles. The molecule has 2 N–H and O–H groups in total. The van der Waals surface area contributed by atoms with E-state index in [4.69, 9.17) is 8.61 Å². The molecule has 0 radical (unpaired) electrons. The molecule has 0 aliphatic heterocycles. The van der Waals surface area contributed by atoms with Crippen LogP contribution in [-0.4, -0.2) is 58.6 Å². The molecule has 2 aromatic rings. The third kappa shape index (κ3) is 5.75. The fourth-order valence-electron chi connectivity index (χ4n) is 3.52. The van der Waals surface area contributed by atoms with Crippen LogP contribution in [0, 0.1) is 0 Å². The predicted octanol–water partition coefficient (Wildman–Crippen LogP) is 1.26. The highest BCUT2D eigenvalue weighted by atomic mass is 32.2. The molecule has 0 amide bonds. The lowest BCUT2D eigenvalue weighted by atomic mass is 10.2. The van der Waals surface area contributed by atoms with Crippen LogP contribution in [-0.2, 0) is 18.7 Å². The molecule has 0 saturated carbocycles.